The lowest BCUT2D eigenvalue weighted by atomic mass is 9.85. The second-order valence-electron chi connectivity index (χ2n) is 19.4. The first-order valence-corrected chi connectivity index (χ1v) is 29.3. The number of rotatable bonds is 48. The minimum absolute atomic E-state index is 0.0783. The summed E-state index contributed by atoms with van der Waals surface area (Å²) in [5.41, 5.74) is 0. The standard InChI is InChI=1S/C55H103O12P/c1-3-5-7-9-11-13-15-17-19-21-22-23-24-25-26-27-29-31-33-35-37-39-41-43-45-64-46-48(47-65-68(62,63)67-55-53(60)51(58)50(57)52(59)54(55)61)66-49(56)44-42-40-38-36-34-32-30-28-20-18-16-14-12-10-8-6-4-2/h12,14,18,20-22,48,50-55,57-61H,3-11,13,15-17,19,23-47H2,1-2H3,(H,62,63)/b14-12-,20-18-,22-21-. The Morgan fingerprint density at radius 3 is 1.28 bits per heavy atom. The van der Waals surface area contributed by atoms with Crippen molar-refractivity contribution >= 4 is 13.8 Å². The van der Waals surface area contributed by atoms with E-state index in [-0.39, 0.29) is 13.0 Å². The molecular formula is C55H103O12P. The Labute approximate surface area is 414 Å². The largest absolute Gasteiger partial charge is 0.472 e. The number of aliphatic hydroxyl groups excluding tert-OH is 5. The van der Waals surface area contributed by atoms with Crippen LogP contribution in [0.25, 0.3) is 0 Å². The molecule has 0 amide bonds. The maximum Gasteiger partial charge on any atom is 0.472 e. The Bertz CT molecular complexity index is 1260. The second kappa shape index (κ2) is 45.4. The third kappa shape index (κ3) is 36.5. The van der Waals surface area contributed by atoms with Crippen molar-refractivity contribution < 1.29 is 58.3 Å². The van der Waals surface area contributed by atoms with Crippen molar-refractivity contribution in [3.8, 4) is 0 Å². The molecule has 0 aromatic carbocycles. The van der Waals surface area contributed by atoms with Crippen molar-refractivity contribution in [2.75, 3.05) is 19.8 Å². The number of phosphoric acid groups is 1. The lowest BCUT2D eigenvalue weighted by Gasteiger charge is -2.41. The van der Waals surface area contributed by atoms with Crippen LogP contribution in [-0.4, -0.2) is 98.9 Å². The fourth-order valence-corrected chi connectivity index (χ4v) is 9.53. The van der Waals surface area contributed by atoms with Gasteiger partial charge in [0.25, 0.3) is 0 Å². The van der Waals surface area contributed by atoms with Gasteiger partial charge in [-0.2, -0.15) is 0 Å². The number of unbranched alkanes of at least 4 members (excludes halogenated alkanes) is 30. The molecule has 0 heterocycles. The van der Waals surface area contributed by atoms with Crippen LogP contribution in [0, 0.1) is 0 Å². The van der Waals surface area contributed by atoms with Crippen molar-refractivity contribution in [2.24, 2.45) is 0 Å². The first-order chi connectivity index (χ1) is 33.0. The molecule has 68 heavy (non-hydrogen) atoms. The van der Waals surface area contributed by atoms with Gasteiger partial charge < -0.3 is 39.9 Å². The van der Waals surface area contributed by atoms with Gasteiger partial charge in [0.2, 0.25) is 0 Å². The highest BCUT2D eigenvalue weighted by molar-refractivity contribution is 7.47. The molecule has 6 atom stereocenters. The molecule has 0 saturated heterocycles. The number of aliphatic hydroxyl groups is 5. The van der Waals surface area contributed by atoms with E-state index in [0.29, 0.717) is 13.0 Å². The van der Waals surface area contributed by atoms with Crippen LogP contribution in [0.4, 0.5) is 0 Å². The highest BCUT2D eigenvalue weighted by Crippen LogP contribution is 2.47. The van der Waals surface area contributed by atoms with Crippen LogP contribution in [0.2, 0.25) is 0 Å². The quantitative estimate of drug-likeness (QED) is 0.0147. The SMILES string of the molecule is CCCCC/C=C\C/C=C\CCCCCCCCCC(=O)OC(COCCCCCCCCCCCCCC/C=C\CCCCCCCCCC)COP(=O)(O)OC1C(O)C(O)C(O)C(O)C1O. The molecule has 6 unspecified atom stereocenters. The number of allylic oxidation sites excluding steroid dienone is 6. The zero-order chi connectivity index (χ0) is 49.8. The average molecular weight is 987 g/mol. The maximum atomic E-state index is 12.9. The number of carbonyl (C=O) groups excluding carboxylic acids is 1. The molecule has 0 bridgehead atoms. The molecule has 1 aliphatic carbocycles. The Morgan fingerprint density at radius 2 is 0.824 bits per heavy atom. The Hall–Kier alpha value is -1.44. The summed E-state index contributed by atoms with van der Waals surface area (Å²) in [5.74, 6) is -0.482. The molecule has 0 aromatic rings. The molecule has 0 radical (unpaired) electrons. The molecule has 12 nitrogen and oxygen atoms in total. The zero-order valence-corrected chi connectivity index (χ0v) is 44.1. The molecule has 400 valence electrons. The van der Waals surface area contributed by atoms with Gasteiger partial charge in [0.15, 0.2) is 0 Å². The Balaban J connectivity index is 2.28. The fraction of sp³-hybridized carbons (Fsp3) is 0.873. The Morgan fingerprint density at radius 1 is 0.471 bits per heavy atom. The molecule has 0 aromatic heterocycles. The van der Waals surface area contributed by atoms with Gasteiger partial charge in [0, 0.05) is 13.0 Å². The van der Waals surface area contributed by atoms with Crippen molar-refractivity contribution in [1.29, 1.82) is 0 Å². The van der Waals surface area contributed by atoms with E-state index in [2.05, 4.69) is 50.3 Å². The van der Waals surface area contributed by atoms with E-state index in [4.69, 9.17) is 18.5 Å². The molecule has 1 aliphatic rings. The molecule has 1 rings (SSSR count). The van der Waals surface area contributed by atoms with Gasteiger partial charge in [0.1, 0.15) is 42.7 Å². The van der Waals surface area contributed by atoms with Crippen LogP contribution in [0.3, 0.4) is 0 Å². The van der Waals surface area contributed by atoms with Crippen LogP contribution in [0.1, 0.15) is 245 Å². The number of phosphoric ester groups is 1. The molecule has 13 heteroatoms. The number of hydrogen-bond acceptors (Lipinski definition) is 11. The lowest BCUT2D eigenvalue weighted by molar-refractivity contribution is -0.220. The smallest absolute Gasteiger partial charge is 0.457 e. The summed E-state index contributed by atoms with van der Waals surface area (Å²) >= 11 is 0. The summed E-state index contributed by atoms with van der Waals surface area (Å²) in [5, 5.41) is 50.4. The third-order valence-electron chi connectivity index (χ3n) is 13.0. The maximum absolute atomic E-state index is 12.9. The number of esters is 1. The predicted octanol–water partition coefficient (Wildman–Crippen LogP) is 13.0. The molecule has 0 aliphatic heterocycles. The normalized spacial score (nSPS) is 21.4. The summed E-state index contributed by atoms with van der Waals surface area (Å²) in [7, 11) is -5.03. The van der Waals surface area contributed by atoms with Gasteiger partial charge in [-0.25, -0.2) is 4.57 Å². The molecule has 0 spiro atoms. The summed E-state index contributed by atoms with van der Waals surface area (Å²) in [6, 6.07) is 0. The molecule has 1 fully saturated rings. The van der Waals surface area contributed by atoms with Crippen LogP contribution in [-0.2, 0) is 27.9 Å². The van der Waals surface area contributed by atoms with Gasteiger partial charge in [-0.15, -0.1) is 0 Å². The van der Waals surface area contributed by atoms with Gasteiger partial charge in [0.05, 0.1) is 13.2 Å². The van der Waals surface area contributed by atoms with Gasteiger partial charge >= 0.3 is 13.8 Å². The fourth-order valence-electron chi connectivity index (χ4n) is 8.56. The lowest BCUT2D eigenvalue weighted by Crippen LogP contribution is -2.64. The van der Waals surface area contributed by atoms with E-state index >= 15 is 0 Å². The topological polar surface area (TPSA) is 192 Å². The average Bonchev–Trinajstić information content (AvgIpc) is 3.32. The number of ether oxygens (including phenoxy) is 2. The van der Waals surface area contributed by atoms with Crippen LogP contribution in [0.5, 0.6) is 0 Å². The highest BCUT2D eigenvalue weighted by atomic mass is 31.2. The molecule has 1 saturated carbocycles. The van der Waals surface area contributed by atoms with E-state index in [9.17, 15) is 39.8 Å². The van der Waals surface area contributed by atoms with E-state index in [1.807, 2.05) is 0 Å². The first kappa shape index (κ1) is 64.6. The summed E-state index contributed by atoms with van der Waals surface area (Å²) in [6.45, 7) is 4.26. The van der Waals surface area contributed by atoms with Crippen LogP contribution < -0.4 is 0 Å². The molecule has 6 N–H and O–H groups in total. The van der Waals surface area contributed by atoms with E-state index < -0.39 is 63.1 Å². The third-order valence-corrected chi connectivity index (χ3v) is 14.0. The zero-order valence-electron chi connectivity index (χ0n) is 43.2. The number of carbonyl (C=O) groups is 1. The summed E-state index contributed by atoms with van der Waals surface area (Å²) < 4.78 is 34.4. The minimum atomic E-state index is -5.03. The Kier molecular flexibility index (Phi) is 43.1. The van der Waals surface area contributed by atoms with Crippen molar-refractivity contribution in [1.82, 2.24) is 0 Å². The van der Waals surface area contributed by atoms with Gasteiger partial charge in [-0.1, -0.05) is 204 Å². The van der Waals surface area contributed by atoms with Crippen LogP contribution in [0.15, 0.2) is 36.5 Å². The summed E-state index contributed by atoms with van der Waals surface area (Å²) in [6.07, 6.45) is 43.6. The summed E-state index contributed by atoms with van der Waals surface area (Å²) in [4.78, 5) is 23.3. The highest BCUT2D eigenvalue weighted by Gasteiger charge is 2.51. The van der Waals surface area contributed by atoms with Gasteiger partial charge in [-0.05, 0) is 70.6 Å². The number of hydrogen-bond donors (Lipinski definition) is 6. The first-order valence-electron chi connectivity index (χ1n) is 27.8. The van der Waals surface area contributed by atoms with Crippen molar-refractivity contribution in [3.05, 3.63) is 36.5 Å². The second-order valence-corrected chi connectivity index (χ2v) is 20.8. The molecular weight excluding hydrogens is 884 g/mol. The van der Waals surface area contributed by atoms with Crippen molar-refractivity contribution in [2.45, 2.75) is 288 Å². The monoisotopic (exact) mass is 987 g/mol. The van der Waals surface area contributed by atoms with E-state index in [1.54, 1.807) is 0 Å². The van der Waals surface area contributed by atoms with E-state index in [0.717, 1.165) is 57.8 Å². The minimum Gasteiger partial charge on any atom is -0.457 e. The van der Waals surface area contributed by atoms with Gasteiger partial charge in [-0.3, -0.25) is 13.8 Å². The predicted molar refractivity (Wildman–Crippen MR) is 276 cm³/mol. The van der Waals surface area contributed by atoms with Crippen LogP contribution >= 0.6 is 7.82 Å². The van der Waals surface area contributed by atoms with Crippen molar-refractivity contribution in [3.63, 3.8) is 0 Å². The van der Waals surface area contributed by atoms with E-state index in [1.165, 1.54) is 161 Å².